The zero-order valence-corrected chi connectivity index (χ0v) is 17.3. The molecule has 29 heavy (non-hydrogen) atoms. The van der Waals surface area contributed by atoms with Crippen LogP contribution in [0.5, 0.6) is 5.75 Å². The summed E-state index contributed by atoms with van der Waals surface area (Å²) in [6.45, 7) is 7.54. The molecule has 4 rings (SSSR count). The molecule has 2 heterocycles. The number of benzene rings is 2. The second kappa shape index (κ2) is 8.25. The number of nitrogens with zero attached hydrogens (tertiary/aromatic N) is 3. The molecule has 6 nitrogen and oxygen atoms in total. The summed E-state index contributed by atoms with van der Waals surface area (Å²) < 4.78 is 7.46. The molecule has 3 aromatic rings. The number of carbonyl (C=O) groups excluding carboxylic acids is 1. The number of fused-ring (bicyclic) bond motifs is 1. The smallest absolute Gasteiger partial charge is 0.255 e. The second-order valence-electron chi connectivity index (χ2n) is 7.86. The van der Waals surface area contributed by atoms with Crippen LogP contribution in [0.25, 0.3) is 11.0 Å². The normalized spacial score (nSPS) is 14.6. The average molecular weight is 393 g/mol. The number of anilines is 1. The topological polar surface area (TPSA) is 59.4 Å². The first-order valence-corrected chi connectivity index (χ1v) is 10.2. The van der Waals surface area contributed by atoms with Crippen LogP contribution in [0.3, 0.4) is 0 Å². The third-order valence-corrected chi connectivity index (χ3v) is 5.45. The van der Waals surface area contributed by atoms with Crippen LogP contribution in [0, 0.1) is 0 Å². The molecule has 1 aliphatic rings. The first-order chi connectivity index (χ1) is 14.0. The van der Waals surface area contributed by atoms with E-state index >= 15 is 0 Å². The molecule has 1 fully saturated rings. The molecule has 0 unspecified atom stereocenters. The third kappa shape index (κ3) is 4.12. The molecule has 0 radical (unpaired) electrons. The fourth-order valence-corrected chi connectivity index (χ4v) is 4.00. The molecule has 1 aliphatic heterocycles. The van der Waals surface area contributed by atoms with E-state index in [1.54, 1.807) is 31.4 Å². The van der Waals surface area contributed by atoms with Crippen LogP contribution in [0.15, 0.2) is 42.5 Å². The van der Waals surface area contributed by atoms with Crippen LogP contribution in [0.1, 0.15) is 48.9 Å². The van der Waals surface area contributed by atoms with Gasteiger partial charge in [-0.05, 0) is 82.2 Å². The summed E-state index contributed by atoms with van der Waals surface area (Å²) in [7, 11) is 1.61. The Kier molecular flexibility index (Phi) is 5.53. The van der Waals surface area contributed by atoms with Gasteiger partial charge in [-0.25, -0.2) is 4.98 Å². The van der Waals surface area contributed by atoms with Gasteiger partial charge in [0.05, 0.1) is 24.7 Å². The number of carbonyl (C=O) groups is 1. The van der Waals surface area contributed by atoms with Gasteiger partial charge >= 0.3 is 0 Å². The first kappa shape index (κ1) is 19.5. The minimum Gasteiger partial charge on any atom is -0.497 e. The lowest BCUT2D eigenvalue weighted by molar-refractivity contribution is 0.102. The monoisotopic (exact) mass is 392 g/mol. The van der Waals surface area contributed by atoms with Gasteiger partial charge in [0, 0.05) is 17.3 Å². The summed E-state index contributed by atoms with van der Waals surface area (Å²) in [5, 5.41) is 2.98. The van der Waals surface area contributed by atoms with Gasteiger partial charge in [0.25, 0.3) is 5.91 Å². The SMILES string of the molecule is COc1ccc(C(=O)Nc2ccc3c(c2)nc(CN2CCCC2)n3C(C)C)cc1. The van der Waals surface area contributed by atoms with E-state index in [2.05, 4.69) is 34.7 Å². The van der Waals surface area contributed by atoms with Crippen molar-refractivity contribution >= 4 is 22.6 Å². The Labute approximate surface area is 171 Å². The van der Waals surface area contributed by atoms with Gasteiger partial charge in [-0.2, -0.15) is 0 Å². The average Bonchev–Trinajstić information content (AvgIpc) is 3.35. The number of imidazole rings is 1. The van der Waals surface area contributed by atoms with Gasteiger partial charge in [-0.1, -0.05) is 0 Å². The number of aromatic nitrogens is 2. The molecule has 0 atom stereocenters. The number of amides is 1. The molecule has 0 saturated carbocycles. The number of methoxy groups -OCH3 is 1. The van der Waals surface area contributed by atoms with E-state index < -0.39 is 0 Å². The highest BCUT2D eigenvalue weighted by Gasteiger charge is 2.19. The first-order valence-electron chi connectivity index (χ1n) is 10.2. The van der Waals surface area contributed by atoms with Crippen molar-refractivity contribution in [3.8, 4) is 5.75 Å². The lowest BCUT2D eigenvalue weighted by Gasteiger charge is -2.18. The zero-order chi connectivity index (χ0) is 20.4. The Bertz CT molecular complexity index is 1000. The van der Waals surface area contributed by atoms with Crippen molar-refractivity contribution in [2.75, 3.05) is 25.5 Å². The predicted molar refractivity (Wildman–Crippen MR) is 116 cm³/mol. The van der Waals surface area contributed by atoms with E-state index in [-0.39, 0.29) is 5.91 Å². The standard InChI is InChI=1S/C23H28N4O2/c1-16(2)27-21-11-8-18(24-23(28)17-6-9-19(29-3)10-7-17)14-20(21)25-22(27)15-26-12-4-5-13-26/h6-11,14,16H,4-5,12-13,15H2,1-3H3,(H,24,28). The number of rotatable bonds is 6. The summed E-state index contributed by atoms with van der Waals surface area (Å²) in [5.41, 5.74) is 3.37. The molecule has 0 aliphatic carbocycles. The largest absolute Gasteiger partial charge is 0.497 e. The minimum absolute atomic E-state index is 0.146. The van der Waals surface area contributed by atoms with Crippen molar-refractivity contribution in [1.29, 1.82) is 0 Å². The highest BCUT2D eigenvalue weighted by Crippen LogP contribution is 2.26. The molecular formula is C23H28N4O2. The number of nitrogens with one attached hydrogen (secondary N) is 1. The quantitative estimate of drug-likeness (QED) is 0.672. The Hall–Kier alpha value is -2.86. The summed E-state index contributed by atoms with van der Waals surface area (Å²) >= 11 is 0. The van der Waals surface area contributed by atoms with E-state index in [0.717, 1.165) is 47.9 Å². The third-order valence-electron chi connectivity index (χ3n) is 5.45. The molecule has 0 spiro atoms. The fourth-order valence-electron chi connectivity index (χ4n) is 4.00. The highest BCUT2D eigenvalue weighted by atomic mass is 16.5. The maximum Gasteiger partial charge on any atom is 0.255 e. The van der Waals surface area contributed by atoms with Crippen molar-refractivity contribution in [1.82, 2.24) is 14.5 Å². The van der Waals surface area contributed by atoms with Crippen molar-refractivity contribution in [2.24, 2.45) is 0 Å². The lowest BCUT2D eigenvalue weighted by Crippen LogP contribution is -2.21. The van der Waals surface area contributed by atoms with Gasteiger partial charge in [0.1, 0.15) is 11.6 Å². The van der Waals surface area contributed by atoms with Crippen molar-refractivity contribution in [2.45, 2.75) is 39.3 Å². The molecule has 1 N–H and O–H groups in total. The minimum atomic E-state index is -0.146. The maximum atomic E-state index is 12.6. The van der Waals surface area contributed by atoms with Crippen molar-refractivity contribution in [3.63, 3.8) is 0 Å². The molecule has 1 amide bonds. The van der Waals surface area contributed by atoms with Gasteiger partial charge in [0.15, 0.2) is 0 Å². The molecule has 152 valence electrons. The van der Waals surface area contributed by atoms with E-state index in [9.17, 15) is 4.79 Å². The van der Waals surface area contributed by atoms with E-state index in [1.165, 1.54) is 12.8 Å². The summed E-state index contributed by atoms with van der Waals surface area (Å²) in [4.78, 5) is 20.0. The Balaban J connectivity index is 1.58. The molecular weight excluding hydrogens is 364 g/mol. The van der Waals surface area contributed by atoms with Crippen LogP contribution >= 0.6 is 0 Å². The Morgan fingerprint density at radius 2 is 1.86 bits per heavy atom. The van der Waals surface area contributed by atoms with Gasteiger partial charge < -0.3 is 14.6 Å². The number of hydrogen-bond acceptors (Lipinski definition) is 4. The van der Waals surface area contributed by atoms with E-state index in [0.29, 0.717) is 11.6 Å². The summed E-state index contributed by atoms with van der Waals surface area (Å²) in [6.07, 6.45) is 2.53. The summed E-state index contributed by atoms with van der Waals surface area (Å²) in [5.74, 6) is 1.68. The van der Waals surface area contributed by atoms with Crippen LogP contribution < -0.4 is 10.1 Å². The van der Waals surface area contributed by atoms with E-state index in [1.807, 2.05) is 12.1 Å². The van der Waals surface area contributed by atoms with Gasteiger partial charge in [0.2, 0.25) is 0 Å². The number of ether oxygens (including phenoxy) is 1. The Morgan fingerprint density at radius 1 is 1.14 bits per heavy atom. The Morgan fingerprint density at radius 3 is 2.52 bits per heavy atom. The zero-order valence-electron chi connectivity index (χ0n) is 17.3. The van der Waals surface area contributed by atoms with Crippen molar-refractivity contribution in [3.05, 3.63) is 53.9 Å². The lowest BCUT2D eigenvalue weighted by atomic mass is 10.2. The van der Waals surface area contributed by atoms with Crippen LogP contribution in [-0.4, -0.2) is 40.6 Å². The van der Waals surface area contributed by atoms with Gasteiger partial charge in [-0.3, -0.25) is 9.69 Å². The summed E-state index contributed by atoms with van der Waals surface area (Å²) in [6, 6.07) is 13.4. The van der Waals surface area contributed by atoms with Crippen LogP contribution in [0.4, 0.5) is 5.69 Å². The predicted octanol–water partition coefficient (Wildman–Crippen LogP) is 4.47. The molecule has 6 heteroatoms. The maximum absolute atomic E-state index is 12.6. The highest BCUT2D eigenvalue weighted by molar-refractivity contribution is 6.05. The molecule has 0 bridgehead atoms. The molecule has 2 aromatic carbocycles. The van der Waals surface area contributed by atoms with E-state index in [4.69, 9.17) is 9.72 Å². The fraction of sp³-hybridized carbons (Fsp3) is 0.391. The molecule has 1 aromatic heterocycles. The second-order valence-corrected chi connectivity index (χ2v) is 7.86. The van der Waals surface area contributed by atoms with Gasteiger partial charge in [-0.15, -0.1) is 0 Å². The van der Waals surface area contributed by atoms with Crippen LogP contribution in [0.2, 0.25) is 0 Å². The number of likely N-dealkylation sites (tertiary alicyclic amines) is 1. The van der Waals surface area contributed by atoms with Crippen molar-refractivity contribution < 1.29 is 9.53 Å². The van der Waals surface area contributed by atoms with Crippen LogP contribution in [-0.2, 0) is 6.54 Å². The number of hydrogen-bond donors (Lipinski definition) is 1. The molecule has 1 saturated heterocycles.